The number of nitrogens with one attached hydrogen (secondary N) is 1. The average molecular weight is 276 g/mol. The fourth-order valence-corrected chi connectivity index (χ4v) is 1.84. The van der Waals surface area contributed by atoms with Crippen molar-refractivity contribution in [2.24, 2.45) is 5.84 Å². The van der Waals surface area contributed by atoms with Gasteiger partial charge in [-0.15, -0.1) is 0 Å². The molecule has 1 atom stereocenters. The van der Waals surface area contributed by atoms with Crippen LogP contribution in [0.4, 0.5) is 4.39 Å². The van der Waals surface area contributed by atoms with Gasteiger partial charge in [0.25, 0.3) is 0 Å². The maximum Gasteiger partial charge on any atom is 0.165 e. The minimum Gasteiger partial charge on any atom is -0.494 e. The Morgan fingerprint density at radius 2 is 1.95 bits per heavy atom. The first-order valence-electron chi connectivity index (χ1n) is 6.22. The van der Waals surface area contributed by atoms with Gasteiger partial charge in [0.05, 0.1) is 13.2 Å². The lowest BCUT2D eigenvalue weighted by molar-refractivity contribution is 0.267. The Kier molecular flexibility index (Phi) is 4.92. The predicted molar refractivity (Wildman–Crippen MR) is 75.0 cm³/mol. The van der Waals surface area contributed by atoms with Crippen LogP contribution in [0.15, 0.2) is 48.5 Å². The van der Waals surface area contributed by atoms with Crippen molar-refractivity contribution in [3.05, 3.63) is 59.9 Å². The summed E-state index contributed by atoms with van der Waals surface area (Å²) in [6.45, 7) is 0.298. The highest BCUT2D eigenvalue weighted by molar-refractivity contribution is 5.31. The molecule has 0 aliphatic rings. The number of benzene rings is 2. The van der Waals surface area contributed by atoms with Crippen molar-refractivity contribution in [3.8, 4) is 11.5 Å². The summed E-state index contributed by atoms with van der Waals surface area (Å²) in [5.74, 6) is 6.02. The van der Waals surface area contributed by atoms with Gasteiger partial charge in [-0.2, -0.15) is 0 Å². The number of hydrogen-bond donors (Lipinski definition) is 2. The Balaban J connectivity index is 2.06. The topological polar surface area (TPSA) is 56.5 Å². The monoisotopic (exact) mass is 276 g/mol. The Labute approximate surface area is 117 Å². The molecule has 20 heavy (non-hydrogen) atoms. The van der Waals surface area contributed by atoms with E-state index in [4.69, 9.17) is 15.3 Å². The molecule has 0 aliphatic heterocycles. The molecular formula is C15H17FN2O2. The van der Waals surface area contributed by atoms with E-state index in [0.717, 1.165) is 5.75 Å². The fourth-order valence-electron chi connectivity index (χ4n) is 1.84. The summed E-state index contributed by atoms with van der Waals surface area (Å²) in [5, 5.41) is 0. The number of ether oxygens (including phenoxy) is 2. The van der Waals surface area contributed by atoms with Crippen LogP contribution >= 0.6 is 0 Å². The molecule has 2 aromatic carbocycles. The number of para-hydroxylation sites is 1. The minimum absolute atomic E-state index is 0.202. The second-order valence-electron chi connectivity index (χ2n) is 4.24. The van der Waals surface area contributed by atoms with Gasteiger partial charge in [0.15, 0.2) is 11.6 Å². The van der Waals surface area contributed by atoms with E-state index in [-0.39, 0.29) is 11.8 Å². The first kappa shape index (κ1) is 14.3. The van der Waals surface area contributed by atoms with Gasteiger partial charge in [0.1, 0.15) is 12.4 Å². The van der Waals surface area contributed by atoms with Gasteiger partial charge in [-0.1, -0.05) is 24.3 Å². The van der Waals surface area contributed by atoms with Crippen LogP contribution in [0.1, 0.15) is 11.6 Å². The smallest absolute Gasteiger partial charge is 0.165 e. The van der Waals surface area contributed by atoms with Crippen molar-refractivity contribution in [3.63, 3.8) is 0 Å². The van der Waals surface area contributed by atoms with Crippen LogP contribution in [0.2, 0.25) is 0 Å². The molecule has 0 bridgehead atoms. The Morgan fingerprint density at radius 1 is 1.20 bits per heavy atom. The van der Waals surface area contributed by atoms with Gasteiger partial charge in [0.2, 0.25) is 0 Å². The van der Waals surface area contributed by atoms with Crippen molar-refractivity contribution < 1.29 is 13.9 Å². The summed E-state index contributed by atoms with van der Waals surface area (Å²) in [7, 11) is 1.43. The number of rotatable bonds is 6. The van der Waals surface area contributed by atoms with E-state index < -0.39 is 5.82 Å². The van der Waals surface area contributed by atoms with Crippen molar-refractivity contribution in [2.75, 3.05) is 13.7 Å². The van der Waals surface area contributed by atoms with Crippen LogP contribution in [0, 0.1) is 5.82 Å². The zero-order chi connectivity index (χ0) is 14.4. The third-order valence-electron chi connectivity index (χ3n) is 2.94. The van der Waals surface area contributed by atoms with Crippen LogP contribution < -0.4 is 20.7 Å². The molecule has 0 aliphatic carbocycles. The van der Waals surface area contributed by atoms with Gasteiger partial charge < -0.3 is 9.47 Å². The molecule has 3 N–H and O–H groups in total. The molecule has 0 heterocycles. The van der Waals surface area contributed by atoms with Gasteiger partial charge in [0, 0.05) is 0 Å². The van der Waals surface area contributed by atoms with Gasteiger partial charge in [-0.3, -0.25) is 5.84 Å². The molecule has 2 rings (SSSR count). The lowest BCUT2D eigenvalue weighted by Crippen LogP contribution is -2.32. The highest BCUT2D eigenvalue weighted by Crippen LogP contribution is 2.22. The predicted octanol–water partition coefficient (Wildman–Crippen LogP) is 2.42. The first-order valence-corrected chi connectivity index (χ1v) is 6.22. The van der Waals surface area contributed by atoms with Crippen molar-refractivity contribution in [1.82, 2.24) is 5.43 Å². The molecule has 0 fully saturated rings. The quantitative estimate of drug-likeness (QED) is 0.628. The summed E-state index contributed by atoms with van der Waals surface area (Å²) in [4.78, 5) is 0. The van der Waals surface area contributed by atoms with Crippen LogP contribution in [-0.2, 0) is 0 Å². The summed E-state index contributed by atoms with van der Waals surface area (Å²) in [6, 6.07) is 13.8. The third kappa shape index (κ3) is 3.46. The molecule has 0 aromatic heterocycles. The number of hydrazine groups is 1. The van der Waals surface area contributed by atoms with E-state index in [2.05, 4.69) is 5.43 Å². The molecule has 0 saturated carbocycles. The van der Waals surface area contributed by atoms with Crippen molar-refractivity contribution >= 4 is 0 Å². The second kappa shape index (κ2) is 6.88. The molecule has 0 spiro atoms. The molecule has 0 saturated heterocycles. The summed E-state index contributed by atoms with van der Waals surface area (Å²) < 4.78 is 24.2. The molecular weight excluding hydrogens is 259 g/mol. The second-order valence-corrected chi connectivity index (χ2v) is 4.24. The van der Waals surface area contributed by atoms with E-state index in [0.29, 0.717) is 12.2 Å². The number of nitrogens with two attached hydrogens (primary N) is 1. The molecule has 1 unspecified atom stereocenters. The number of hydrogen-bond acceptors (Lipinski definition) is 4. The Bertz CT molecular complexity index is 549. The summed E-state index contributed by atoms with van der Waals surface area (Å²) in [5.41, 5.74) is 3.32. The largest absolute Gasteiger partial charge is 0.494 e. The average Bonchev–Trinajstić information content (AvgIpc) is 2.49. The number of methoxy groups -OCH3 is 1. The lowest BCUT2D eigenvalue weighted by Gasteiger charge is -2.17. The summed E-state index contributed by atoms with van der Waals surface area (Å²) >= 11 is 0. The van der Waals surface area contributed by atoms with E-state index >= 15 is 0 Å². The zero-order valence-electron chi connectivity index (χ0n) is 11.2. The van der Waals surface area contributed by atoms with E-state index in [1.807, 2.05) is 30.3 Å². The van der Waals surface area contributed by atoms with Crippen molar-refractivity contribution in [1.29, 1.82) is 0 Å². The van der Waals surface area contributed by atoms with E-state index in [9.17, 15) is 4.39 Å². The van der Waals surface area contributed by atoms with Gasteiger partial charge in [-0.05, 0) is 29.8 Å². The highest BCUT2D eigenvalue weighted by Gasteiger charge is 2.13. The third-order valence-corrected chi connectivity index (χ3v) is 2.94. The van der Waals surface area contributed by atoms with Gasteiger partial charge >= 0.3 is 0 Å². The first-order chi connectivity index (χ1) is 9.74. The standard InChI is InChI=1S/C15H17FN2O2/c1-19-15-8-7-11(9-13(15)16)14(18-17)10-20-12-5-3-2-4-6-12/h2-9,14,18H,10,17H2,1H3. The zero-order valence-corrected chi connectivity index (χ0v) is 11.2. The van der Waals surface area contributed by atoms with E-state index in [1.54, 1.807) is 12.1 Å². The lowest BCUT2D eigenvalue weighted by atomic mass is 10.1. The van der Waals surface area contributed by atoms with Crippen LogP contribution in [0.5, 0.6) is 11.5 Å². The summed E-state index contributed by atoms with van der Waals surface area (Å²) in [6.07, 6.45) is 0. The minimum atomic E-state index is -0.426. The molecule has 0 amide bonds. The Hall–Kier alpha value is -2.11. The fraction of sp³-hybridized carbons (Fsp3) is 0.200. The van der Waals surface area contributed by atoms with Crippen LogP contribution in [0.3, 0.4) is 0 Å². The van der Waals surface area contributed by atoms with E-state index in [1.165, 1.54) is 13.2 Å². The van der Waals surface area contributed by atoms with Gasteiger partial charge in [-0.25, -0.2) is 9.82 Å². The Morgan fingerprint density at radius 3 is 2.55 bits per heavy atom. The molecule has 5 heteroatoms. The molecule has 2 aromatic rings. The highest BCUT2D eigenvalue weighted by atomic mass is 19.1. The van der Waals surface area contributed by atoms with Crippen LogP contribution in [0.25, 0.3) is 0 Å². The molecule has 0 radical (unpaired) electrons. The molecule has 4 nitrogen and oxygen atoms in total. The van der Waals surface area contributed by atoms with Crippen molar-refractivity contribution in [2.45, 2.75) is 6.04 Å². The maximum absolute atomic E-state index is 13.7. The molecule has 106 valence electrons. The maximum atomic E-state index is 13.7. The normalized spacial score (nSPS) is 11.9. The van der Waals surface area contributed by atoms with Crippen LogP contribution in [-0.4, -0.2) is 13.7 Å². The SMILES string of the molecule is COc1ccc(C(COc2ccccc2)NN)cc1F. The number of halogens is 1.